The Labute approximate surface area is 190 Å². The first-order chi connectivity index (χ1) is 15.8. The second-order valence-corrected chi connectivity index (χ2v) is 8.24. The van der Waals surface area contributed by atoms with Crippen LogP contribution in [0.25, 0.3) is 22.3 Å². The third kappa shape index (κ3) is 3.98. The molecule has 0 aromatic heterocycles. The average Bonchev–Trinajstić information content (AvgIpc) is 3.41. The largest absolute Gasteiger partial charge is 0.312 e. The summed E-state index contributed by atoms with van der Waals surface area (Å²) >= 11 is 0. The van der Waals surface area contributed by atoms with Gasteiger partial charge in [0, 0.05) is 22.9 Å². The molecule has 1 heterocycles. The molecule has 0 unspecified atom stereocenters. The first-order valence-corrected chi connectivity index (χ1v) is 11.3. The van der Waals surface area contributed by atoms with Crippen molar-refractivity contribution < 1.29 is 0 Å². The van der Waals surface area contributed by atoms with Crippen LogP contribution in [-0.2, 0) is 0 Å². The van der Waals surface area contributed by atoms with Gasteiger partial charge in [0.05, 0.1) is 11.4 Å². The summed E-state index contributed by atoms with van der Waals surface area (Å²) in [5.74, 6) is 0. The maximum atomic E-state index is 4.62. The monoisotopic (exact) mass is 416 g/mol. The molecule has 0 bridgehead atoms. The van der Waals surface area contributed by atoms with Crippen molar-refractivity contribution in [3.8, 4) is 22.3 Å². The number of hydrogen-bond donors (Lipinski definition) is 1. The van der Waals surface area contributed by atoms with E-state index in [0.717, 1.165) is 30.0 Å². The number of anilines is 2. The van der Waals surface area contributed by atoms with Gasteiger partial charge in [-0.2, -0.15) is 0 Å². The highest BCUT2D eigenvalue weighted by atomic mass is 15.2. The Morgan fingerprint density at radius 3 is 1.59 bits per heavy atom. The molecule has 2 nitrogen and oxygen atoms in total. The molecule has 1 N–H and O–H groups in total. The fourth-order valence-electron chi connectivity index (χ4n) is 4.62. The quantitative estimate of drug-likeness (QED) is 0.352. The highest BCUT2D eigenvalue weighted by molar-refractivity contribution is 5.90. The van der Waals surface area contributed by atoms with Gasteiger partial charge in [0.15, 0.2) is 0 Å². The molecule has 4 aromatic carbocycles. The molecule has 2 heteroatoms. The molecule has 0 aliphatic carbocycles. The van der Waals surface area contributed by atoms with Gasteiger partial charge < -0.3 is 10.2 Å². The van der Waals surface area contributed by atoms with Crippen LogP contribution >= 0.6 is 0 Å². The van der Waals surface area contributed by atoms with E-state index >= 15 is 0 Å². The molecule has 0 radical (unpaired) electrons. The van der Waals surface area contributed by atoms with E-state index in [2.05, 4.69) is 126 Å². The van der Waals surface area contributed by atoms with Crippen molar-refractivity contribution in [1.82, 2.24) is 5.32 Å². The summed E-state index contributed by atoms with van der Waals surface area (Å²) in [6, 6.07) is 38.8. The number of nitrogens with zero attached hydrogens (tertiary/aromatic N) is 1. The fraction of sp³-hybridized carbons (Fsp3) is 0.133. The first-order valence-electron chi connectivity index (χ1n) is 11.3. The molecule has 4 aromatic rings. The third-order valence-electron chi connectivity index (χ3n) is 6.21. The summed E-state index contributed by atoms with van der Waals surface area (Å²) in [5.41, 5.74) is 8.22. The van der Waals surface area contributed by atoms with Crippen molar-refractivity contribution in [3.05, 3.63) is 121 Å². The number of rotatable bonds is 6. The van der Waals surface area contributed by atoms with E-state index in [-0.39, 0.29) is 6.04 Å². The standard InChI is InChI=1S/C30H28N2/c1-23(28-19-12-22-31-28)32(29-20-10-8-17-26(29)24-13-4-2-5-14-24)30-21-11-9-18-27(30)25-15-6-3-7-16-25/h2-11,13-18,20-21,28,31H,1,12,19,22H2/t28-/m1/s1. The van der Waals surface area contributed by atoms with Crippen LogP contribution < -0.4 is 10.2 Å². The molecule has 1 aliphatic rings. The summed E-state index contributed by atoms with van der Waals surface area (Å²) in [7, 11) is 0. The van der Waals surface area contributed by atoms with Gasteiger partial charge in [-0.3, -0.25) is 0 Å². The van der Waals surface area contributed by atoms with Crippen LogP contribution in [0.5, 0.6) is 0 Å². The lowest BCUT2D eigenvalue weighted by Gasteiger charge is -2.33. The van der Waals surface area contributed by atoms with Gasteiger partial charge in [-0.15, -0.1) is 0 Å². The van der Waals surface area contributed by atoms with Gasteiger partial charge in [-0.05, 0) is 42.6 Å². The Balaban J connectivity index is 1.71. The molecule has 1 atom stereocenters. The van der Waals surface area contributed by atoms with Crippen LogP contribution in [0.1, 0.15) is 12.8 Å². The van der Waals surface area contributed by atoms with Gasteiger partial charge in [0.1, 0.15) is 0 Å². The first kappa shape index (κ1) is 20.3. The lowest BCUT2D eigenvalue weighted by Crippen LogP contribution is -2.32. The van der Waals surface area contributed by atoms with Crippen molar-refractivity contribution in [1.29, 1.82) is 0 Å². The Hall–Kier alpha value is -3.62. The van der Waals surface area contributed by atoms with Gasteiger partial charge >= 0.3 is 0 Å². The molecule has 32 heavy (non-hydrogen) atoms. The average molecular weight is 417 g/mol. The highest BCUT2D eigenvalue weighted by Crippen LogP contribution is 2.42. The fourth-order valence-corrected chi connectivity index (χ4v) is 4.62. The molecule has 5 rings (SSSR count). The summed E-state index contributed by atoms with van der Waals surface area (Å²) in [6.45, 7) is 5.66. The van der Waals surface area contributed by atoms with Crippen molar-refractivity contribution in [2.45, 2.75) is 18.9 Å². The lowest BCUT2D eigenvalue weighted by molar-refractivity contribution is 0.679. The van der Waals surface area contributed by atoms with Gasteiger partial charge in [0.25, 0.3) is 0 Å². The van der Waals surface area contributed by atoms with Gasteiger partial charge in [-0.25, -0.2) is 0 Å². The molecule has 0 spiro atoms. The Bertz CT molecular complexity index is 1110. The maximum absolute atomic E-state index is 4.62. The predicted octanol–water partition coefficient (Wildman–Crippen LogP) is 7.42. The predicted molar refractivity (Wildman–Crippen MR) is 136 cm³/mol. The van der Waals surface area contributed by atoms with E-state index < -0.39 is 0 Å². The summed E-state index contributed by atoms with van der Waals surface area (Å²) < 4.78 is 0. The summed E-state index contributed by atoms with van der Waals surface area (Å²) in [4.78, 5) is 2.37. The van der Waals surface area contributed by atoms with Crippen LogP contribution in [0, 0.1) is 0 Å². The Kier molecular flexibility index (Phi) is 5.87. The molecule has 0 amide bonds. The maximum Gasteiger partial charge on any atom is 0.0537 e. The minimum Gasteiger partial charge on any atom is -0.312 e. The van der Waals surface area contributed by atoms with Crippen LogP contribution in [0.3, 0.4) is 0 Å². The second-order valence-electron chi connectivity index (χ2n) is 8.24. The third-order valence-corrected chi connectivity index (χ3v) is 6.21. The smallest absolute Gasteiger partial charge is 0.0537 e. The lowest BCUT2D eigenvalue weighted by atomic mass is 9.98. The summed E-state index contributed by atoms with van der Waals surface area (Å²) in [5, 5.41) is 3.65. The Morgan fingerprint density at radius 2 is 1.12 bits per heavy atom. The zero-order valence-electron chi connectivity index (χ0n) is 18.2. The molecule has 0 saturated carbocycles. The van der Waals surface area contributed by atoms with E-state index in [0.29, 0.717) is 0 Å². The molecule has 158 valence electrons. The molecular weight excluding hydrogens is 388 g/mol. The SMILES string of the molecule is C=C([C@H]1CCCN1)N(c1ccccc1-c1ccccc1)c1ccccc1-c1ccccc1. The van der Waals surface area contributed by atoms with Gasteiger partial charge in [-0.1, -0.05) is 104 Å². The van der Waals surface area contributed by atoms with Crippen LogP contribution in [-0.4, -0.2) is 12.6 Å². The van der Waals surface area contributed by atoms with Crippen molar-refractivity contribution in [2.24, 2.45) is 0 Å². The zero-order chi connectivity index (χ0) is 21.8. The minimum absolute atomic E-state index is 0.266. The highest BCUT2D eigenvalue weighted by Gasteiger charge is 2.27. The number of para-hydroxylation sites is 2. The zero-order valence-corrected chi connectivity index (χ0v) is 18.2. The normalized spacial score (nSPS) is 15.4. The van der Waals surface area contributed by atoms with E-state index in [9.17, 15) is 0 Å². The number of benzene rings is 4. The van der Waals surface area contributed by atoms with E-state index in [1.807, 2.05) is 0 Å². The Morgan fingerprint density at radius 1 is 0.656 bits per heavy atom. The molecule has 1 aliphatic heterocycles. The van der Waals surface area contributed by atoms with Crippen molar-refractivity contribution in [2.75, 3.05) is 11.4 Å². The van der Waals surface area contributed by atoms with E-state index in [4.69, 9.17) is 0 Å². The minimum atomic E-state index is 0.266. The van der Waals surface area contributed by atoms with E-state index in [1.165, 1.54) is 28.7 Å². The summed E-state index contributed by atoms with van der Waals surface area (Å²) in [6.07, 6.45) is 2.29. The van der Waals surface area contributed by atoms with Crippen molar-refractivity contribution in [3.63, 3.8) is 0 Å². The number of nitrogens with one attached hydrogen (secondary N) is 1. The molecule has 1 saturated heterocycles. The second kappa shape index (κ2) is 9.25. The van der Waals surface area contributed by atoms with E-state index in [1.54, 1.807) is 0 Å². The van der Waals surface area contributed by atoms with Crippen LogP contribution in [0.2, 0.25) is 0 Å². The van der Waals surface area contributed by atoms with Crippen LogP contribution in [0.15, 0.2) is 121 Å². The van der Waals surface area contributed by atoms with Crippen LogP contribution in [0.4, 0.5) is 11.4 Å². The van der Waals surface area contributed by atoms with Gasteiger partial charge in [0.2, 0.25) is 0 Å². The van der Waals surface area contributed by atoms with Crippen molar-refractivity contribution >= 4 is 11.4 Å². The molecular formula is C30H28N2. The number of hydrogen-bond acceptors (Lipinski definition) is 2. The molecule has 1 fully saturated rings. The topological polar surface area (TPSA) is 15.3 Å².